The zero-order valence-electron chi connectivity index (χ0n) is 11.3. The molecule has 99 valence electrons. The van der Waals surface area contributed by atoms with Crippen molar-refractivity contribution in [3.05, 3.63) is 35.4 Å². The molecule has 0 saturated carbocycles. The van der Waals surface area contributed by atoms with Crippen molar-refractivity contribution in [2.24, 2.45) is 5.92 Å². The Labute approximate surface area is 114 Å². The summed E-state index contributed by atoms with van der Waals surface area (Å²) < 4.78 is 0. The summed E-state index contributed by atoms with van der Waals surface area (Å²) >= 11 is 0. The summed E-state index contributed by atoms with van der Waals surface area (Å²) in [4.78, 5) is 2.46. The molecule has 0 saturated heterocycles. The van der Waals surface area contributed by atoms with E-state index >= 15 is 0 Å². The van der Waals surface area contributed by atoms with Crippen molar-refractivity contribution < 1.29 is 0 Å². The van der Waals surface area contributed by atoms with Crippen LogP contribution in [0.2, 0.25) is 0 Å². The minimum absolute atomic E-state index is 0.387. The maximum absolute atomic E-state index is 7.69. The number of nitrogens with zero attached hydrogens (tertiary/aromatic N) is 1. The third kappa shape index (κ3) is 1.58. The number of rotatable bonds is 1. The SMILES string of the molecule is CN1C[C@H](C[NH])C=C2c3cccc4c3C(CN4)C[C@H]21. The monoisotopic (exact) mass is 254 g/mol. The number of anilines is 1. The second-order valence-electron chi connectivity index (χ2n) is 6.12. The molecule has 3 aliphatic rings. The van der Waals surface area contributed by atoms with Crippen molar-refractivity contribution in [2.75, 3.05) is 32.0 Å². The fraction of sp³-hybridized carbons (Fsp3) is 0.500. The summed E-state index contributed by atoms with van der Waals surface area (Å²) in [6.07, 6.45) is 3.60. The second-order valence-corrected chi connectivity index (χ2v) is 6.12. The molecule has 0 aromatic heterocycles. The molecule has 3 nitrogen and oxygen atoms in total. The van der Waals surface area contributed by atoms with E-state index < -0.39 is 0 Å². The molecule has 0 amide bonds. The number of hydrogen-bond acceptors (Lipinski definition) is 2. The first-order valence-corrected chi connectivity index (χ1v) is 7.21. The Morgan fingerprint density at radius 3 is 3.16 bits per heavy atom. The fourth-order valence-corrected chi connectivity index (χ4v) is 4.07. The quantitative estimate of drug-likeness (QED) is 0.834. The van der Waals surface area contributed by atoms with Gasteiger partial charge in [-0.05, 0) is 36.2 Å². The van der Waals surface area contributed by atoms with Crippen LogP contribution in [-0.2, 0) is 0 Å². The van der Waals surface area contributed by atoms with E-state index in [1.165, 1.54) is 28.8 Å². The van der Waals surface area contributed by atoms with Crippen LogP contribution in [0, 0.1) is 5.92 Å². The van der Waals surface area contributed by atoms with Gasteiger partial charge in [-0.2, -0.15) is 0 Å². The van der Waals surface area contributed by atoms with Crippen molar-refractivity contribution in [2.45, 2.75) is 18.4 Å². The van der Waals surface area contributed by atoms with E-state index in [1.807, 2.05) is 0 Å². The predicted octanol–water partition coefficient (Wildman–Crippen LogP) is 2.20. The Balaban J connectivity index is 1.88. The third-order valence-corrected chi connectivity index (χ3v) is 4.96. The van der Waals surface area contributed by atoms with Crippen LogP contribution in [0.25, 0.3) is 5.57 Å². The van der Waals surface area contributed by atoms with Crippen LogP contribution in [0.4, 0.5) is 5.69 Å². The Bertz CT molecular complexity index is 549. The summed E-state index contributed by atoms with van der Waals surface area (Å²) in [5, 5.41) is 3.55. The van der Waals surface area contributed by atoms with E-state index in [0.717, 1.165) is 13.1 Å². The number of likely N-dealkylation sites (N-methyl/N-ethyl adjacent to an activating group) is 1. The van der Waals surface area contributed by atoms with Crippen LogP contribution < -0.4 is 11.1 Å². The second kappa shape index (κ2) is 4.09. The van der Waals surface area contributed by atoms with Crippen LogP contribution in [0.3, 0.4) is 0 Å². The fourth-order valence-electron chi connectivity index (χ4n) is 4.07. The van der Waals surface area contributed by atoms with Crippen molar-refractivity contribution in [3.63, 3.8) is 0 Å². The summed E-state index contributed by atoms with van der Waals surface area (Å²) in [5.41, 5.74) is 13.5. The molecule has 1 aromatic carbocycles. The van der Waals surface area contributed by atoms with Crippen LogP contribution in [0.5, 0.6) is 0 Å². The van der Waals surface area contributed by atoms with Gasteiger partial charge < -0.3 is 5.32 Å². The van der Waals surface area contributed by atoms with E-state index in [1.54, 1.807) is 0 Å². The molecule has 1 unspecified atom stereocenters. The largest absolute Gasteiger partial charge is 0.384 e. The molecule has 2 heterocycles. The average Bonchev–Trinajstić information content (AvgIpc) is 2.85. The van der Waals surface area contributed by atoms with Crippen LogP contribution in [0.15, 0.2) is 24.3 Å². The Kier molecular flexibility index (Phi) is 2.47. The minimum atomic E-state index is 0.387. The van der Waals surface area contributed by atoms with E-state index in [9.17, 15) is 0 Å². The molecule has 1 aliphatic carbocycles. The molecule has 0 bridgehead atoms. The van der Waals surface area contributed by atoms with Gasteiger partial charge in [-0.25, -0.2) is 0 Å². The molecular weight excluding hydrogens is 234 g/mol. The molecular formula is C16H20N3. The molecule has 19 heavy (non-hydrogen) atoms. The summed E-state index contributed by atoms with van der Waals surface area (Å²) in [6.45, 7) is 2.62. The Morgan fingerprint density at radius 2 is 2.32 bits per heavy atom. The molecule has 1 aromatic rings. The zero-order chi connectivity index (χ0) is 13.0. The van der Waals surface area contributed by atoms with Crippen molar-refractivity contribution in [1.82, 2.24) is 10.6 Å². The van der Waals surface area contributed by atoms with Crippen LogP contribution in [-0.4, -0.2) is 37.6 Å². The van der Waals surface area contributed by atoms with Gasteiger partial charge in [0.1, 0.15) is 0 Å². The van der Waals surface area contributed by atoms with Gasteiger partial charge in [0.25, 0.3) is 0 Å². The number of fused-ring (bicyclic) bond motifs is 2. The summed E-state index contributed by atoms with van der Waals surface area (Å²) in [5.74, 6) is 1.06. The van der Waals surface area contributed by atoms with E-state index in [-0.39, 0.29) is 0 Å². The molecule has 3 heteroatoms. The van der Waals surface area contributed by atoms with Crippen LogP contribution >= 0.6 is 0 Å². The van der Waals surface area contributed by atoms with Gasteiger partial charge in [0.2, 0.25) is 0 Å². The topological polar surface area (TPSA) is 39.1 Å². The molecule has 2 N–H and O–H groups in total. The number of benzene rings is 1. The molecule has 2 aliphatic heterocycles. The lowest BCUT2D eigenvalue weighted by Crippen LogP contribution is -2.43. The van der Waals surface area contributed by atoms with Gasteiger partial charge in [0, 0.05) is 43.2 Å². The van der Waals surface area contributed by atoms with Gasteiger partial charge in [-0.1, -0.05) is 18.2 Å². The van der Waals surface area contributed by atoms with Gasteiger partial charge in [-0.3, -0.25) is 10.6 Å². The lowest BCUT2D eigenvalue weighted by Gasteiger charge is -2.42. The van der Waals surface area contributed by atoms with Gasteiger partial charge in [0.05, 0.1) is 0 Å². The van der Waals surface area contributed by atoms with E-state index in [2.05, 4.69) is 41.5 Å². The highest BCUT2D eigenvalue weighted by atomic mass is 15.1. The smallest absolute Gasteiger partial charge is 0.0382 e. The summed E-state index contributed by atoms with van der Waals surface area (Å²) in [7, 11) is 2.22. The Hall–Kier alpha value is -1.32. The lowest BCUT2D eigenvalue weighted by atomic mass is 9.74. The standard InChI is InChI=1S/C16H20N3/c1-19-9-10(7-17)5-13-12-3-2-4-14-16(12)11(8-18-14)6-15(13)19/h2-5,10-11,15,17-18H,6-9H2,1H3/t10-,11?,15+/m0/s1. The molecule has 0 fully saturated rings. The van der Waals surface area contributed by atoms with E-state index in [0.29, 0.717) is 24.4 Å². The highest BCUT2D eigenvalue weighted by Crippen LogP contribution is 2.48. The third-order valence-electron chi connectivity index (χ3n) is 4.96. The molecule has 4 rings (SSSR count). The zero-order valence-corrected chi connectivity index (χ0v) is 11.3. The minimum Gasteiger partial charge on any atom is -0.384 e. The Morgan fingerprint density at radius 1 is 1.42 bits per heavy atom. The molecule has 0 spiro atoms. The number of nitrogens with one attached hydrogen (secondary N) is 2. The first-order chi connectivity index (χ1) is 9.28. The van der Waals surface area contributed by atoms with Crippen LogP contribution in [0.1, 0.15) is 23.5 Å². The maximum atomic E-state index is 7.69. The number of hydrogen-bond donors (Lipinski definition) is 1. The summed E-state index contributed by atoms with van der Waals surface area (Å²) in [6, 6.07) is 7.19. The first kappa shape index (κ1) is 11.5. The maximum Gasteiger partial charge on any atom is 0.0382 e. The van der Waals surface area contributed by atoms with E-state index in [4.69, 9.17) is 5.73 Å². The lowest BCUT2D eigenvalue weighted by molar-refractivity contribution is 0.229. The molecule has 1 radical (unpaired) electrons. The normalized spacial score (nSPS) is 32.3. The van der Waals surface area contributed by atoms with Gasteiger partial charge >= 0.3 is 0 Å². The highest BCUT2D eigenvalue weighted by Gasteiger charge is 2.39. The molecule has 3 atom stereocenters. The highest BCUT2D eigenvalue weighted by molar-refractivity contribution is 5.81. The van der Waals surface area contributed by atoms with Gasteiger partial charge in [0.15, 0.2) is 0 Å². The van der Waals surface area contributed by atoms with Crippen molar-refractivity contribution in [1.29, 1.82) is 0 Å². The predicted molar refractivity (Wildman–Crippen MR) is 78.1 cm³/mol. The van der Waals surface area contributed by atoms with Gasteiger partial charge in [-0.15, -0.1) is 0 Å². The average molecular weight is 254 g/mol. The van der Waals surface area contributed by atoms with Crippen molar-refractivity contribution >= 4 is 11.3 Å². The first-order valence-electron chi connectivity index (χ1n) is 7.21. The van der Waals surface area contributed by atoms with Crippen molar-refractivity contribution in [3.8, 4) is 0 Å².